The number of hydrogen-bond donors (Lipinski definition) is 1. The first kappa shape index (κ1) is 12.0. The van der Waals surface area contributed by atoms with Crippen LogP contribution in [-0.4, -0.2) is 48.6 Å². The molecular weight excluding hydrogens is 196 g/mol. The van der Waals surface area contributed by atoms with Gasteiger partial charge in [-0.25, -0.2) is 0 Å². The molecule has 1 saturated heterocycles. The van der Waals surface area contributed by atoms with E-state index in [-0.39, 0.29) is 30.5 Å². The number of rotatable bonds is 3. The Morgan fingerprint density at radius 3 is 2.67 bits per heavy atom. The lowest BCUT2D eigenvalue weighted by Crippen LogP contribution is -2.52. The molecule has 1 fully saturated rings. The number of ether oxygens (including phenoxy) is 1. The molecule has 0 aliphatic carbocycles. The minimum Gasteiger partial charge on any atom is -0.374 e. The Bertz CT molecular complexity index is 258. The Kier molecular flexibility index (Phi) is 3.68. The first-order valence-corrected chi connectivity index (χ1v) is 5.07. The van der Waals surface area contributed by atoms with E-state index in [1.807, 2.05) is 20.8 Å². The number of carbonyl (C=O) groups is 2. The molecule has 1 N–H and O–H groups in total. The zero-order chi connectivity index (χ0) is 11.5. The molecule has 0 unspecified atom stereocenters. The second-order valence-corrected chi connectivity index (χ2v) is 4.55. The van der Waals surface area contributed by atoms with Crippen molar-refractivity contribution in [1.29, 1.82) is 0 Å². The van der Waals surface area contributed by atoms with Crippen LogP contribution in [0.3, 0.4) is 0 Å². The third-order valence-electron chi connectivity index (χ3n) is 2.02. The molecule has 0 spiro atoms. The molecule has 5 nitrogen and oxygen atoms in total. The summed E-state index contributed by atoms with van der Waals surface area (Å²) >= 11 is 0. The summed E-state index contributed by atoms with van der Waals surface area (Å²) in [4.78, 5) is 23.9. The zero-order valence-corrected chi connectivity index (χ0v) is 9.50. The summed E-state index contributed by atoms with van der Waals surface area (Å²) in [6.45, 7) is 7.06. The largest absolute Gasteiger partial charge is 0.374 e. The number of carbonyl (C=O) groups excluding carboxylic acids is 2. The third-order valence-corrected chi connectivity index (χ3v) is 2.02. The van der Waals surface area contributed by atoms with Crippen LogP contribution in [-0.2, 0) is 14.3 Å². The van der Waals surface area contributed by atoms with Gasteiger partial charge in [0.05, 0.1) is 25.3 Å². The van der Waals surface area contributed by atoms with E-state index in [9.17, 15) is 9.59 Å². The van der Waals surface area contributed by atoms with Crippen LogP contribution in [0.15, 0.2) is 0 Å². The van der Waals surface area contributed by atoms with Crippen LogP contribution in [0.25, 0.3) is 0 Å². The molecule has 1 heterocycles. The monoisotopic (exact) mass is 214 g/mol. The zero-order valence-electron chi connectivity index (χ0n) is 9.50. The normalized spacial score (nSPS) is 17.9. The summed E-state index contributed by atoms with van der Waals surface area (Å²) in [5.41, 5.74) is -0.207. The summed E-state index contributed by atoms with van der Waals surface area (Å²) in [6.07, 6.45) is 0. The predicted molar refractivity (Wildman–Crippen MR) is 55.3 cm³/mol. The molecule has 0 atom stereocenters. The number of amides is 2. The smallest absolute Gasteiger partial charge is 0.242 e. The van der Waals surface area contributed by atoms with Gasteiger partial charge in [-0.05, 0) is 20.8 Å². The molecule has 0 saturated carbocycles. The van der Waals surface area contributed by atoms with E-state index in [1.54, 1.807) is 0 Å². The van der Waals surface area contributed by atoms with Crippen LogP contribution < -0.4 is 5.32 Å². The summed E-state index contributed by atoms with van der Waals surface area (Å²) in [6, 6.07) is 0. The van der Waals surface area contributed by atoms with Crippen LogP contribution in [0.4, 0.5) is 0 Å². The van der Waals surface area contributed by atoms with Gasteiger partial charge in [0.2, 0.25) is 11.8 Å². The Labute approximate surface area is 89.8 Å². The van der Waals surface area contributed by atoms with Gasteiger partial charge in [0, 0.05) is 6.54 Å². The minimum atomic E-state index is -0.207. The van der Waals surface area contributed by atoms with Gasteiger partial charge in [-0.2, -0.15) is 0 Å². The molecule has 5 heteroatoms. The van der Waals surface area contributed by atoms with E-state index in [2.05, 4.69) is 5.32 Å². The van der Waals surface area contributed by atoms with E-state index in [0.717, 1.165) is 0 Å². The highest BCUT2D eigenvalue weighted by Gasteiger charge is 2.23. The van der Waals surface area contributed by atoms with Gasteiger partial charge in [0.25, 0.3) is 0 Å². The lowest BCUT2D eigenvalue weighted by molar-refractivity contribution is -0.141. The van der Waals surface area contributed by atoms with E-state index < -0.39 is 0 Å². The average Bonchev–Trinajstić information content (AvgIpc) is 2.09. The van der Waals surface area contributed by atoms with Crippen molar-refractivity contribution in [1.82, 2.24) is 10.2 Å². The van der Waals surface area contributed by atoms with Gasteiger partial charge >= 0.3 is 0 Å². The van der Waals surface area contributed by atoms with Crippen molar-refractivity contribution in [3.05, 3.63) is 0 Å². The fourth-order valence-corrected chi connectivity index (χ4v) is 1.27. The fourth-order valence-electron chi connectivity index (χ4n) is 1.27. The Balaban J connectivity index is 2.31. The molecule has 0 aromatic heterocycles. The van der Waals surface area contributed by atoms with E-state index in [4.69, 9.17) is 4.74 Å². The van der Waals surface area contributed by atoms with Crippen molar-refractivity contribution in [2.24, 2.45) is 0 Å². The van der Waals surface area contributed by atoms with Crippen LogP contribution in [0, 0.1) is 0 Å². The van der Waals surface area contributed by atoms with Crippen LogP contribution in [0.1, 0.15) is 20.8 Å². The van der Waals surface area contributed by atoms with Crippen molar-refractivity contribution in [3.63, 3.8) is 0 Å². The Morgan fingerprint density at radius 2 is 2.07 bits per heavy atom. The van der Waals surface area contributed by atoms with Crippen molar-refractivity contribution >= 4 is 11.8 Å². The minimum absolute atomic E-state index is 0.0490. The SMILES string of the molecule is CC(C)(C)OCCN1CC(=O)NCC1=O. The van der Waals surface area contributed by atoms with Gasteiger partial charge in [-0.1, -0.05) is 0 Å². The highest BCUT2D eigenvalue weighted by molar-refractivity contribution is 5.92. The van der Waals surface area contributed by atoms with E-state index >= 15 is 0 Å². The number of piperazine rings is 1. The van der Waals surface area contributed by atoms with Crippen LogP contribution >= 0.6 is 0 Å². The topological polar surface area (TPSA) is 58.6 Å². The summed E-state index contributed by atoms with van der Waals surface area (Å²) in [7, 11) is 0. The average molecular weight is 214 g/mol. The summed E-state index contributed by atoms with van der Waals surface area (Å²) < 4.78 is 5.49. The third kappa shape index (κ3) is 4.29. The number of nitrogens with one attached hydrogen (secondary N) is 1. The Hall–Kier alpha value is -1.10. The van der Waals surface area contributed by atoms with Gasteiger partial charge in [0.15, 0.2) is 0 Å². The maximum atomic E-state index is 11.4. The molecule has 0 bridgehead atoms. The second kappa shape index (κ2) is 4.61. The molecule has 0 radical (unpaired) electrons. The van der Waals surface area contributed by atoms with Crippen molar-refractivity contribution in [2.45, 2.75) is 26.4 Å². The van der Waals surface area contributed by atoms with Gasteiger partial charge in [-0.3, -0.25) is 9.59 Å². The molecule has 0 aromatic carbocycles. The maximum Gasteiger partial charge on any atom is 0.242 e. The Morgan fingerprint density at radius 1 is 1.40 bits per heavy atom. The van der Waals surface area contributed by atoms with Gasteiger partial charge < -0.3 is 15.0 Å². The molecule has 0 aromatic rings. The van der Waals surface area contributed by atoms with Crippen LogP contribution in [0.2, 0.25) is 0 Å². The lowest BCUT2D eigenvalue weighted by atomic mass is 10.2. The fraction of sp³-hybridized carbons (Fsp3) is 0.800. The molecule has 2 amide bonds. The summed E-state index contributed by atoms with van der Waals surface area (Å²) in [5, 5.41) is 2.50. The van der Waals surface area contributed by atoms with Crippen LogP contribution in [0.5, 0.6) is 0 Å². The standard InChI is InChI=1S/C10H18N2O3/c1-10(2,3)15-5-4-12-7-8(13)11-6-9(12)14/h4-7H2,1-3H3,(H,11,13). The molecule has 1 aliphatic heterocycles. The lowest BCUT2D eigenvalue weighted by Gasteiger charge is -2.28. The van der Waals surface area contributed by atoms with E-state index in [0.29, 0.717) is 13.2 Å². The predicted octanol–water partition coefficient (Wildman–Crippen LogP) is -0.240. The molecular formula is C10H18N2O3. The maximum absolute atomic E-state index is 11.4. The highest BCUT2D eigenvalue weighted by atomic mass is 16.5. The molecule has 1 rings (SSSR count). The first-order valence-electron chi connectivity index (χ1n) is 5.07. The van der Waals surface area contributed by atoms with E-state index in [1.165, 1.54) is 4.90 Å². The van der Waals surface area contributed by atoms with Gasteiger partial charge in [-0.15, -0.1) is 0 Å². The number of hydrogen-bond acceptors (Lipinski definition) is 3. The highest BCUT2D eigenvalue weighted by Crippen LogP contribution is 2.06. The first-order chi connectivity index (χ1) is 6.88. The molecule has 1 aliphatic rings. The van der Waals surface area contributed by atoms with Crippen molar-refractivity contribution in [2.75, 3.05) is 26.2 Å². The van der Waals surface area contributed by atoms with Gasteiger partial charge in [0.1, 0.15) is 0 Å². The molecule has 15 heavy (non-hydrogen) atoms. The quantitative estimate of drug-likeness (QED) is 0.705. The second-order valence-electron chi connectivity index (χ2n) is 4.55. The molecule has 86 valence electrons. The number of nitrogens with zero attached hydrogens (tertiary/aromatic N) is 1. The van der Waals surface area contributed by atoms with Crippen molar-refractivity contribution in [3.8, 4) is 0 Å². The van der Waals surface area contributed by atoms with Crippen molar-refractivity contribution < 1.29 is 14.3 Å². The summed E-state index contributed by atoms with van der Waals surface area (Å²) in [5.74, 6) is -0.155.